The molecule has 1 atom stereocenters. The van der Waals surface area contributed by atoms with Crippen molar-refractivity contribution in [3.8, 4) is 0 Å². The van der Waals surface area contributed by atoms with Crippen LogP contribution in [0.15, 0.2) is 48.5 Å². The number of nitrogens with zero attached hydrogens (tertiary/aromatic N) is 1. The van der Waals surface area contributed by atoms with Crippen LogP contribution < -0.4 is 9.62 Å². The average Bonchev–Trinajstić information content (AvgIpc) is 3.21. The van der Waals surface area contributed by atoms with E-state index in [-0.39, 0.29) is 5.75 Å². The van der Waals surface area contributed by atoms with Gasteiger partial charge in [0, 0.05) is 17.7 Å². The molecule has 8 nitrogen and oxygen atoms in total. The molecule has 0 fully saturated rings. The number of Topliss-reactive ketones (excluding diaryl/α,β-unsaturated/α-hetero) is 1. The maximum absolute atomic E-state index is 12.5. The first kappa shape index (κ1) is 22.5. The van der Waals surface area contributed by atoms with Crippen molar-refractivity contribution in [3.63, 3.8) is 0 Å². The summed E-state index contributed by atoms with van der Waals surface area (Å²) >= 11 is 0. The summed E-state index contributed by atoms with van der Waals surface area (Å²) in [6.07, 6.45) is 0.512. The molecule has 2 aromatic rings. The van der Waals surface area contributed by atoms with Crippen LogP contribution in [0.5, 0.6) is 0 Å². The molecule has 0 bridgehead atoms. The quantitative estimate of drug-likeness (QED) is 0.492. The minimum Gasteiger partial charge on any atom is -0.456 e. The molecule has 31 heavy (non-hydrogen) atoms. The number of sulfonamides is 1. The minimum atomic E-state index is -3.36. The van der Waals surface area contributed by atoms with Crippen molar-refractivity contribution in [2.24, 2.45) is 0 Å². The number of anilines is 1. The lowest BCUT2D eigenvalue weighted by molar-refractivity contribution is -0.144. The maximum atomic E-state index is 12.5. The van der Waals surface area contributed by atoms with Gasteiger partial charge in [-0.25, -0.2) is 13.2 Å². The molecule has 1 aliphatic heterocycles. The first-order valence-electron chi connectivity index (χ1n) is 9.92. The van der Waals surface area contributed by atoms with E-state index in [1.807, 2.05) is 0 Å². The fourth-order valence-corrected chi connectivity index (χ4v) is 4.42. The van der Waals surface area contributed by atoms with E-state index in [9.17, 15) is 22.8 Å². The number of esters is 1. The molecule has 1 unspecified atom stereocenters. The molecule has 2 aromatic carbocycles. The van der Waals surface area contributed by atoms with E-state index in [1.54, 1.807) is 49.4 Å². The van der Waals surface area contributed by atoms with Gasteiger partial charge in [-0.3, -0.25) is 13.9 Å². The van der Waals surface area contributed by atoms with Gasteiger partial charge in [-0.15, -0.1) is 0 Å². The number of ketones is 1. The summed E-state index contributed by atoms with van der Waals surface area (Å²) in [5.41, 5.74) is 2.09. The molecule has 1 aliphatic rings. The van der Waals surface area contributed by atoms with Gasteiger partial charge >= 0.3 is 5.97 Å². The lowest BCUT2D eigenvalue weighted by Crippen LogP contribution is -2.40. The zero-order valence-corrected chi connectivity index (χ0v) is 18.1. The highest BCUT2D eigenvalue weighted by Crippen LogP contribution is 2.31. The van der Waals surface area contributed by atoms with Gasteiger partial charge < -0.3 is 10.1 Å². The number of rotatable bonds is 8. The molecule has 0 spiro atoms. The summed E-state index contributed by atoms with van der Waals surface area (Å²) in [6.45, 7) is 2.94. The fraction of sp³-hybridized carbons (Fsp3) is 0.318. The van der Waals surface area contributed by atoms with Crippen LogP contribution in [-0.2, 0) is 26.0 Å². The standard InChI is InChI=1S/C22H24N2O6S/c1-3-31(28,29)24-12-11-17-13-18(9-10-19(17)24)20(25)14-30-22(27)15(2)23-21(26)16-7-5-4-6-8-16/h4-10,13,15H,3,11-12,14H2,1-2H3,(H,23,26). The smallest absolute Gasteiger partial charge is 0.328 e. The largest absolute Gasteiger partial charge is 0.456 e. The molecule has 0 saturated heterocycles. The molecule has 3 rings (SSSR count). The zero-order chi connectivity index (χ0) is 22.6. The Kier molecular flexibility index (Phi) is 6.74. The van der Waals surface area contributed by atoms with Gasteiger partial charge in [0.15, 0.2) is 12.4 Å². The second kappa shape index (κ2) is 9.30. The van der Waals surface area contributed by atoms with Crippen LogP contribution in [0, 0.1) is 0 Å². The third-order valence-electron chi connectivity index (χ3n) is 5.04. The Morgan fingerprint density at radius 2 is 1.81 bits per heavy atom. The van der Waals surface area contributed by atoms with E-state index in [4.69, 9.17) is 4.74 Å². The number of nitrogens with one attached hydrogen (secondary N) is 1. The Morgan fingerprint density at radius 1 is 1.10 bits per heavy atom. The predicted molar refractivity (Wildman–Crippen MR) is 116 cm³/mol. The average molecular weight is 445 g/mol. The van der Waals surface area contributed by atoms with Crippen molar-refractivity contribution in [3.05, 3.63) is 65.2 Å². The van der Waals surface area contributed by atoms with Crippen molar-refractivity contribution < 1.29 is 27.5 Å². The molecule has 0 radical (unpaired) electrons. The topological polar surface area (TPSA) is 110 Å². The Morgan fingerprint density at radius 3 is 2.48 bits per heavy atom. The van der Waals surface area contributed by atoms with Crippen molar-refractivity contribution in [1.82, 2.24) is 5.32 Å². The maximum Gasteiger partial charge on any atom is 0.328 e. The van der Waals surface area contributed by atoms with E-state index in [0.717, 1.165) is 5.56 Å². The van der Waals surface area contributed by atoms with Crippen LogP contribution >= 0.6 is 0 Å². The lowest BCUT2D eigenvalue weighted by Gasteiger charge is -2.18. The summed E-state index contributed by atoms with van der Waals surface area (Å²) in [4.78, 5) is 36.7. The summed E-state index contributed by atoms with van der Waals surface area (Å²) in [5, 5.41) is 2.53. The minimum absolute atomic E-state index is 0.00205. The molecule has 1 amide bonds. The third-order valence-corrected chi connectivity index (χ3v) is 6.82. The van der Waals surface area contributed by atoms with Crippen molar-refractivity contribution >= 4 is 33.4 Å². The molecule has 1 N–H and O–H groups in total. The number of benzene rings is 2. The van der Waals surface area contributed by atoms with Gasteiger partial charge in [-0.05, 0) is 56.2 Å². The molecular weight excluding hydrogens is 420 g/mol. The number of carbonyl (C=O) groups is 3. The number of amides is 1. The second-order valence-corrected chi connectivity index (χ2v) is 9.34. The predicted octanol–water partition coefficient (Wildman–Crippen LogP) is 1.94. The van der Waals surface area contributed by atoms with Crippen LogP contribution in [0.2, 0.25) is 0 Å². The highest BCUT2D eigenvalue weighted by Gasteiger charge is 2.28. The van der Waals surface area contributed by atoms with Gasteiger partial charge in [0.05, 0.1) is 11.4 Å². The summed E-state index contributed by atoms with van der Waals surface area (Å²) in [5.74, 6) is -1.54. The number of carbonyl (C=O) groups excluding carboxylic acids is 3. The highest BCUT2D eigenvalue weighted by atomic mass is 32.2. The monoisotopic (exact) mass is 444 g/mol. The van der Waals surface area contributed by atoms with E-state index >= 15 is 0 Å². The Labute approximate surface area is 181 Å². The SMILES string of the molecule is CCS(=O)(=O)N1CCc2cc(C(=O)COC(=O)C(C)NC(=O)c3ccccc3)ccc21. The van der Waals surface area contributed by atoms with Crippen LogP contribution in [-0.4, -0.2) is 51.0 Å². The van der Waals surface area contributed by atoms with Crippen LogP contribution in [0.3, 0.4) is 0 Å². The van der Waals surface area contributed by atoms with E-state index < -0.39 is 40.3 Å². The third kappa shape index (κ3) is 5.11. The van der Waals surface area contributed by atoms with Gasteiger partial charge in [0.2, 0.25) is 10.0 Å². The number of ether oxygens (including phenoxy) is 1. The summed E-state index contributed by atoms with van der Waals surface area (Å²) in [7, 11) is -3.36. The van der Waals surface area contributed by atoms with Crippen molar-refractivity contribution in [1.29, 1.82) is 0 Å². The van der Waals surface area contributed by atoms with Crippen molar-refractivity contribution in [2.75, 3.05) is 23.2 Å². The van der Waals surface area contributed by atoms with Crippen LogP contribution in [0.25, 0.3) is 0 Å². The molecule has 0 aliphatic carbocycles. The van der Waals surface area contributed by atoms with Crippen molar-refractivity contribution in [2.45, 2.75) is 26.3 Å². The molecule has 0 saturated carbocycles. The van der Waals surface area contributed by atoms with Crippen LogP contribution in [0.1, 0.15) is 40.1 Å². The Hall–Kier alpha value is -3.20. The molecule has 1 heterocycles. The van der Waals surface area contributed by atoms with Gasteiger partial charge in [-0.1, -0.05) is 18.2 Å². The number of fused-ring (bicyclic) bond motifs is 1. The summed E-state index contributed by atoms with van der Waals surface area (Å²) < 4.78 is 30.7. The fourth-order valence-electron chi connectivity index (χ4n) is 3.26. The Balaban J connectivity index is 1.57. The number of hydrogen-bond acceptors (Lipinski definition) is 6. The Bertz CT molecular complexity index is 1100. The van der Waals surface area contributed by atoms with E-state index in [1.165, 1.54) is 17.3 Å². The first-order valence-corrected chi connectivity index (χ1v) is 11.5. The zero-order valence-electron chi connectivity index (χ0n) is 17.3. The van der Waals surface area contributed by atoms with Gasteiger partial charge in [0.1, 0.15) is 6.04 Å². The normalized spacial score (nSPS) is 13.9. The van der Waals surface area contributed by atoms with Gasteiger partial charge in [0.25, 0.3) is 5.91 Å². The number of hydrogen-bond donors (Lipinski definition) is 1. The van der Waals surface area contributed by atoms with E-state index in [2.05, 4.69) is 5.32 Å². The molecule has 0 aromatic heterocycles. The second-order valence-electron chi connectivity index (χ2n) is 7.16. The molecule has 9 heteroatoms. The van der Waals surface area contributed by atoms with Crippen LogP contribution in [0.4, 0.5) is 5.69 Å². The van der Waals surface area contributed by atoms with Gasteiger partial charge in [-0.2, -0.15) is 0 Å². The van der Waals surface area contributed by atoms with E-state index in [0.29, 0.717) is 29.8 Å². The first-order chi connectivity index (χ1) is 14.7. The summed E-state index contributed by atoms with van der Waals surface area (Å²) in [6, 6.07) is 12.3. The highest BCUT2D eigenvalue weighted by molar-refractivity contribution is 7.92. The molecular formula is C22H24N2O6S. The lowest BCUT2D eigenvalue weighted by atomic mass is 10.1. The molecule has 164 valence electrons.